The van der Waals surface area contributed by atoms with Crippen molar-refractivity contribution < 1.29 is 4.74 Å². The van der Waals surface area contributed by atoms with Gasteiger partial charge < -0.3 is 9.64 Å². The molecule has 1 atom stereocenters. The van der Waals surface area contributed by atoms with Gasteiger partial charge in [0, 0.05) is 30.5 Å². The van der Waals surface area contributed by atoms with E-state index in [0.717, 1.165) is 31.2 Å². The first-order valence-corrected chi connectivity index (χ1v) is 8.49. The van der Waals surface area contributed by atoms with Crippen LogP contribution < -0.4 is 9.64 Å². The molecule has 6 nitrogen and oxygen atoms in total. The third kappa shape index (κ3) is 4.12. The second kappa shape index (κ2) is 6.89. The van der Waals surface area contributed by atoms with Crippen LogP contribution in [0, 0.1) is 5.92 Å². The smallest absolute Gasteiger partial charge is 0.233 e. The fourth-order valence-electron chi connectivity index (χ4n) is 2.62. The Balaban J connectivity index is 1.52. The maximum atomic E-state index is 5.83. The van der Waals surface area contributed by atoms with Gasteiger partial charge in [-0.15, -0.1) is 5.10 Å². The molecule has 2 aromatic rings. The number of hydrogen-bond donors (Lipinski definition) is 0. The number of nitrogens with zero attached hydrogens (tertiary/aromatic N) is 5. The molecule has 0 aromatic carbocycles. The van der Waals surface area contributed by atoms with E-state index in [-0.39, 0.29) is 5.41 Å². The molecule has 0 bridgehead atoms. The summed E-state index contributed by atoms with van der Waals surface area (Å²) in [6.45, 7) is 8.75. The maximum Gasteiger partial charge on any atom is 0.233 e. The molecule has 3 rings (SSSR count). The zero-order valence-electron chi connectivity index (χ0n) is 14.2. The molecule has 1 aliphatic heterocycles. The highest BCUT2D eigenvalue weighted by molar-refractivity contribution is 6.30. The summed E-state index contributed by atoms with van der Waals surface area (Å²) < 4.78 is 5.80. The van der Waals surface area contributed by atoms with Crippen molar-refractivity contribution in [3.8, 4) is 5.88 Å². The number of aromatic nitrogens is 4. The molecule has 0 amide bonds. The van der Waals surface area contributed by atoms with Gasteiger partial charge in [-0.25, -0.2) is 9.97 Å². The van der Waals surface area contributed by atoms with Crippen LogP contribution in [0.25, 0.3) is 0 Å². The molecule has 1 unspecified atom stereocenters. The average Bonchev–Trinajstić information content (AvgIpc) is 3.02. The van der Waals surface area contributed by atoms with Gasteiger partial charge in [-0.2, -0.15) is 5.10 Å². The summed E-state index contributed by atoms with van der Waals surface area (Å²) in [6, 6.07) is 3.87. The Bertz CT molecular complexity index is 669. The van der Waals surface area contributed by atoms with Gasteiger partial charge >= 0.3 is 0 Å². The lowest BCUT2D eigenvalue weighted by atomic mass is 9.92. The Kier molecular flexibility index (Phi) is 4.85. The first kappa shape index (κ1) is 16.9. The van der Waals surface area contributed by atoms with E-state index in [4.69, 9.17) is 16.3 Å². The summed E-state index contributed by atoms with van der Waals surface area (Å²) >= 11 is 5.83. The van der Waals surface area contributed by atoms with E-state index in [0.29, 0.717) is 23.4 Å². The van der Waals surface area contributed by atoms with Crippen LogP contribution in [-0.4, -0.2) is 39.9 Å². The Morgan fingerprint density at radius 3 is 2.58 bits per heavy atom. The number of ether oxygens (including phenoxy) is 1. The first-order chi connectivity index (χ1) is 11.4. The first-order valence-electron chi connectivity index (χ1n) is 8.11. The van der Waals surface area contributed by atoms with Gasteiger partial charge in [0.2, 0.25) is 11.8 Å². The largest absolute Gasteiger partial charge is 0.476 e. The molecule has 1 fully saturated rings. The second-order valence-electron chi connectivity index (χ2n) is 7.12. The molecular weight excluding hydrogens is 326 g/mol. The molecule has 2 aromatic heterocycles. The second-order valence-corrected chi connectivity index (χ2v) is 7.56. The number of rotatable bonds is 4. The van der Waals surface area contributed by atoms with E-state index in [1.807, 2.05) is 12.1 Å². The molecule has 3 heterocycles. The Morgan fingerprint density at radius 1 is 1.21 bits per heavy atom. The van der Waals surface area contributed by atoms with E-state index in [9.17, 15) is 0 Å². The van der Waals surface area contributed by atoms with Gasteiger partial charge in [0.05, 0.1) is 29.7 Å². The maximum absolute atomic E-state index is 5.83. The molecule has 0 saturated carbocycles. The summed E-state index contributed by atoms with van der Waals surface area (Å²) in [4.78, 5) is 10.7. The number of halogens is 1. The third-order valence-corrected chi connectivity index (χ3v) is 4.25. The molecule has 0 N–H and O–H groups in total. The quantitative estimate of drug-likeness (QED) is 0.846. The summed E-state index contributed by atoms with van der Waals surface area (Å²) in [7, 11) is 0. The van der Waals surface area contributed by atoms with Gasteiger partial charge in [-0.3, -0.25) is 0 Å². The zero-order chi connectivity index (χ0) is 17.2. The number of anilines is 1. The van der Waals surface area contributed by atoms with E-state index >= 15 is 0 Å². The SMILES string of the molecule is CC(C)(C)c1ccc(OCC2CCN(c3ncc(Cl)cn3)C2)nn1. The van der Waals surface area contributed by atoms with Crippen LogP contribution in [0.15, 0.2) is 24.5 Å². The highest BCUT2D eigenvalue weighted by Gasteiger charge is 2.25. The van der Waals surface area contributed by atoms with Gasteiger partial charge in [0.1, 0.15) is 0 Å². The summed E-state index contributed by atoms with van der Waals surface area (Å²) in [5, 5.41) is 8.97. The Labute approximate surface area is 147 Å². The monoisotopic (exact) mass is 347 g/mol. The minimum absolute atomic E-state index is 0.00390. The van der Waals surface area contributed by atoms with Crippen LogP contribution in [0.5, 0.6) is 5.88 Å². The van der Waals surface area contributed by atoms with Crippen molar-refractivity contribution in [2.45, 2.75) is 32.6 Å². The normalized spacial score (nSPS) is 18.0. The zero-order valence-corrected chi connectivity index (χ0v) is 15.0. The van der Waals surface area contributed by atoms with Crippen molar-refractivity contribution in [1.82, 2.24) is 20.2 Å². The van der Waals surface area contributed by atoms with E-state index in [1.54, 1.807) is 12.4 Å². The van der Waals surface area contributed by atoms with Crippen molar-refractivity contribution in [3.63, 3.8) is 0 Å². The Morgan fingerprint density at radius 2 is 1.96 bits per heavy atom. The summed E-state index contributed by atoms with van der Waals surface area (Å²) in [5.41, 5.74) is 0.956. The topological polar surface area (TPSA) is 64.0 Å². The van der Waals surface area contributed by atoms with Crippen LogP contribution >= 0.6 is 11.6 Å². The lowest BCUT2D eigenvalue weighted by Crippen LogP contribution is -2.23. The van der Waals surface area contributed by atoms with Crippen molar-refractivity contribution in [2.75, 3.05) is 24.6 Å². The van der Waals surface area contributed by atoms with Crippen LogP contribution in [0.3, 0.4) is 0 Å². The fraction of sp³-hybridized carbons (Fsp3) is 0.529. The molecule has 0 radical (unpaired) electrons. The highest BCUT2D eigenvalue weighted by atomic mass is 35.5. The van der Waals surface area contributed by atoms with Gasteiger partial charge in [-0.05, 0) is 12.5 Å². The predicted molar refractivity (Wildman–Crippen MR) is 93.6 cm³/mol. The molecule has 7 heteroatoms. The number of hydrogen-bond acceptors (Lipinski definition) is 6. The molecule has 128 valence electrons. The van der Waals surface area contributed by atoms with Crippen molar-refractivity contribution in [2.24, 2.45) is 5.92 Å². The van der Waals surface area contributed by atoms with E-state index in [1.165, 1.54) is 0 Å². The van der Waals surface area contributed by atoms with Crippen molar-refractivity contribution >= 4 is 17.5 Å². The molecular formula is C17H22ClN5O. The minimum atomic E-state index is -0.00390. The lowest BCUT2D eigenvalue weighted by Gasteiger charge is -2.17. The lowest BCUT2D eigenvalue weighted by molar-refractivity contribution is 0.249. The summed E-state index contributed by atoms with van der Waals surface area (Å²) in [6.07, 6.45) is 4.29. The molecule has 0 spiro atoms. The molecule has 24 heavy (non-hydrogen) atoms. The predicted octanol–water partition coefficient (Wildman–Crippen LogP) is 3.12. The van der Waals surface area contributed by atoms with Gasteiger partial charge in [0.25, 0.3) is 0 Å². The van der Waals surface area contributed by atoms with E-state index < -0.39 is 0 Å². The van der Waals surface area contributed by atoms with Crippen LogP contribution in [0.4, 0.5) is 5.95 Å². The summed E-state index contributed by atoms with van der Waals surface area (Å²) in [5.74, 6) is 1.72. The van der Waals surface area contributed by atoms with Gasteiger partial charge in [-0.1, -0.05) is 32.4 Å². The highest BCUT2D eigenvalue weighted by Crippen LogP contribution is 2.23. The van der Waals surface area contributed by atoms with Gasteiger partial charge in [0.15, 0.2) is 0 Å². The Hall–Kier alpha value is -1.95. The van der Waals surface area contributed by atoms with Crippen LogP contribution in [0.1, 0.15) is 32.9 Å². The van der Waals surface area contributed by atoms with Crippen LogP contribution in [-0.2, 0) is 5.41 Å². The fourth-order valence-corrected chi connectivity index (χ4v) is 2.72. The van der Waals surface area contributed by atoms with Crippen LogP contribution in [0.2, 0.25) is 5.02 Å². The van der Waals surface area contributed by atoms with Crippen molar-refractivity contribution in [1.29, 1.82) is 0 Å². The third-order valence-electron chi connectivity index (χ3n) is 4.05. The molecule has 1 saturated heterocycles. The van der Waals surface area contributed by atoms with Crippen molar-refractivity contribution in [3.05, 3.63) is 35.2 Å². The standard InChI is InChI=1S/C17H22ClN5O/c1-17(2,3)14-4-5-15(22-21-14)24-11-12-6-7-23(10-12)16-19-8-13(18)9-20-16/h4-5,8-9,12H,6-7,10-11H2,1-3H3. The average molecular weight is 348 g/mol. The minimum Gasteiger partial charge on any atom is -0.476 e. The molecule has 1 aliphatic rings. The molecule has 0 aliphatic carbocycles. The van der Waals surface area contributed by atoms with E-state index in [2.05, 4.69) is 45.8 Å².